The van der Waals surface area contributed by atoms with E-state index in [-0.39, 0.29) is 38.7 Å². The van der Waals surface area contributed by atoms with Gasteiger partial charge in [-0.25, -0.2) is 0 Å². The van der Waals surface area contributed by atoms with Gasteiger partial charge in [-0.2, -0.15) is 0 Å². The van der Waals surface area contributed by atoms with E-state index in [1.807, 2.05) is 0 Å². The summed E-state index contributed by atoms with van der Waals surface area (Å²) in [5.41, 5.74) is 0. The number of hydrogen-bond acceptors (Lipinski definition) is 11. The van der Waals surface area contributed by atoms with Crippen LogP contribution in [0.1, 0.15) is 66.7 Å². The maximum Gasteiger partial charge on any atom is 0.307 e. The second-order valence-electron chi connectivity index (χ2n) is 6.85. The minimum atomic E-state index is -1.48. The predicted octanol–water partition coefficient (Wildman–Crippen LogP) is 1.58. The number of esters is 5. The van der Waals surface area contributed by atoms with Crippen molar-refractivity contribution in [1.29, 1.82) is 0 Å². The summed E-state index contributed by atoms with van der Waals surface area (Å²) in [5.74, 6) is -3.20. The van der Waals surface area contributed by atoms with Gasteiger partial charge in [0, 0.05) is 32.1 Å². The van der Waals surface area contributed by atoms with E-state index < -0.39 is 60.6 Å². The number of carbonyl (C=O) groups excluding carboxylic acids is 5. The van der Waals surface area contributed by atoms with E-state index in [0.29, 0.717) is 0 Å². The fourth-order valence-corrected chi connectivity index (χ4v) is 2.70. The summed E-state index contributed by atoms with van der Waals surface area (Å²) in [6, 6.07) is 0. The van der Waals surface area contributed by atoms with Crippen molar-refractivity contribution in [2.24, 2.45) is 0 Å². The molecule has 182 valence electrons. The molecule has 32 heavy (non-hydrogen) atoms. The van der Waals surface area contributed by atoms with Crippen LogP contribution in [0.15, 0.2) is 0 Å². The van der Waals surface area contributed by atoms with Crippen molar-refractivity contribution in [2.45, 2.75) is 97.4 Å². The summed E-state index contributed by atoms with van der Waals surface area (Å²) >= 11 is 0. The van der Waals surface area contributed by atoms with Crippen LogP contribution in [0.25, 0.3) is 0 Å². The van der Waals surface area contributed by atoms with Crippen LogP contribution < -0.4 is 0 Å². The molecule has 0 aromatic carbocycles. The van der Waals surface area contributed by atoms with Crippen molar-refractivity contribution in [1.82, 2.24) is 0 Å². The van der Waals surface area contributed by atoms with Gasteiger partial charge in [0.2, 0.25) is 12.4 Å². The Bertz CT molecular complexity index is 675. The first-order valence-electron chi connectivity index (χ1n) is 10.8. The van der Waals surface area contributed by atoms with Crippen LogP contribution in [0.5, 0.6) is 0 Å². The molecule has 1 aliphatic heterocycles. The van der Waals surface area contributed by atoms with Crippen molar-refractivity contribution in [3.8, 4) is 0 Å². The van der Waals surface area contributed by atoms with Gasteiger partial charge in [0.05, 0.1) is 0 Å². The Morgan fingerprint density at radius 1 is 0.562 bits per heavy atom. The molecule has 0 amide bonds. The molecule has 1 heterocycles. The van der Waals surface area contributed by atoms with E-state index in [0.717, 1.165) is 0 Å². The normalized spacial score (nSPS) is 24.7. The maximum atomic E-state index is 12.1. The quantitative estimate of drug-likeness (QED) is 0.328. The Labute approximate surface area is 187 Å². The van der Waals surface area contributed by atoms with Crippen LogP contribution in [0, 0.1) is 0 Å². The lowest BCUT2D eigenvalue weighted by atomic mass is 9.98. The first-order valence-corrected chi connectivity index (χ1v) is 10.8. The highest BCUT2D eigenvalue weighted by atomic mass is 16.7. The Balaban J connectivity index is 3.40. The van der Waals surface area contributed by atoms with E-state index in [2.05, 4.69) is 0 Å². The SMILES string of the molecule is CCC(=O)OC[C@H]1O[C@H](OC(=O)CC)[C@H](OC(=O)CC)[C@@H](OC(=O)CC)[C@@H]1OC(=O)CC. The Morgan fingerprint density at radius 3 is 1.44 bits per heavy atom. The smallest absolute Gasteiger partial charge is 0.307 e. The molecule has 0 aromatic heterocycles. The first-order chi connectivity index (χ1) is 15.2. The van der Waals surface area contributed by atoms with Gasteiger partial charge in [0.15, 0.2) is 12.2 Å². The van der Waals surface area contributed by atoms with E-state index in [1.165, 1.54) is 0 Å². The summed E-state index contributed by atoms with van der Waals surface area (Å²) < 4.78 is 32.4. The molecule has 1 rings (SSSR count). The molecule has 0 bridgehead atoms. The molecule has 0 radical (unpaired) electrons. The molecule has 0 spiro atoms. The predicted molar refractivity (Wildman–Crippen MR) is 107 cm³/mol. The van der Waals surface area contributed by atoms with E-state index >= 15 is 0 Å². The van der Waals surface area contributed by atoms with Gasteiger partial charge < -0.3 is 28.4 Å². The van der Waals surface area contributed by atoms with Gasteiger partial charge in [-0.1, -0.05) is 34.6 Å². The van der Waals surface area contributed by atoms with Gasteiger partial charge in [-0.15, -0.1) is 0 Å². The summed E-state index contributed by atoms with van der Waals surface area (Å²) in [5, 5.41) is 0. The largest absolute Gasteiger partial charge is 0.463 e. The van der Waals surface area contributed by atoms with Gasteiger partial charge in [0.1, 0.15) is 12.7 Å². The summed E-state index contributed by atoms with van der Waals surface area (Å²) in [4.78, 5) is 60.0. The average Bonchev–Trinajstić information content (AvgIpc) is 2.80. The minimum absolute atomic E-state index is 0.0000749. The van der Waals surface area contributed by atoms with Gasteiger partial charge in [0.25, 0.3) is 0 Å². The van der Waals surface area contributed by atoms with Crippen molar-refractivity contribution in [3.05, 3.63) is 0 Å². The summed E-state index contributed by atoms with van der Waals surface area (Å²) in [6.07, 6.45) is -6.62. The molecule has 11 nitrogen and oxygen atoms in total. The lowest BCUT2D eigenvalue weighted by Gasteiger charge is -2.43. The molecule has 0 aromatic rings. The second kappa shape index (κ2) is 13.7. The minimum Gasteiger partial charge on any atom is -0.463 e. The highest BCUT2D eigenvalue weighted by Gasteiger charge is 2.54. The highest BCUT2D eigenvalue weighted by Crippen LogP contribution is 2.30. The molecule has 1 saturated heterocycles. The number of ether oxygens (including phenoxy) is 6. The molecular formula is C21H32O11. The monoisotopic (exact) mass is 460 g/mol. The molecular weight excluding hydrogens is 428 g/mol. The van der Waals surface area contributed by atoms with Crippen LogP contribution in [0.2, 0.25) is 0 Å². The molecule has 0 aliphatic carbocycles. The Hall–Kier alpha value is -2.69. The summed E-state index contributed by atoms with van der Waals surface area (Å²) in [6.45, 7) is 7.44. The number of hydrogen-bond donors (Lipinski definition) is 0. The molecule has 0 saturated carbocycles. The number of carbonyl (C=O) groups is 5. The second-order valence-corrected chi connectivity index (χ2v) is 6.85. The molecule has 1 aliphatic rings. The molecule has 5 atom stereocenters. The van der Waals surface area contributed by atoms with Gasteiger partial charge >= 0.3 is 29.8 Å². The zero-order valence-corrected chi connectivity index (χ0v) is 19.1. The van der Waals surface area contributed by atoms with Crippen molar-refractivity contribution in [2.75, 3.05) is 6.61 Å². The highest BCUT2D eigenvalue weighted by molar-refractivity contribution is 5.72. The van der Waals surface area contributed by atoms with Crippen molar-refractivity contribution >= 4 is 29.8 Å². The van der Waals surface area contributed by atoms with E-state index in [1.54, 1.807) is 34.6 Å². The zero-order valence-electron chi connectivity index (χ0n) is 19.1. The molecule has 0 unspecified atom stereocenters. The number of rotatable bonds is 11. The van der Waals surface area contributed by atoms with Crippen molar-refractivity contribution in [3.63, 3.8) is 0 Å². The van der Waals surface area contributed by atoms with Crippen LogP contribution in [0.3, 0.4) is 0 Å². The third-order valence-corrected chi connectivity index (χ3v) is 4.49. The first kappa shape index (κ1) is 27.3. The molecule has 1 fully saturated rings. The third-order valence-electron chi connectivity index (χ3n) is 4.49. The van der Waals surface area contributed by atoms with Crippen LogP contribution in [-0.4, -0.2) is 67.2 Å². The standard InChI is InChI=1S/C21H32O11/c1-6-13(22)27-11-12-18(29-14(23)7-2)19(30-15(24)8-3)20(31-16(25)9-4)21(28-12)32-17(26)10-5/h12,18-21H,6-11H2,1-5H3/t12-,18-,19+,20-,21-/m1/s1. The molecule has 0 N–H and O–H groups in total. The summed E-state index contributed by atoms with van der Waals surface area (Å²) in [7, 11) is 0. The van der Waals surface area contributed by atoms with E-state index in [9.17, 15) is 24.0 Å². The topological polar surface area (TPSA) is 141 Å². The van der Waals surface area contributed by atoms with E-state index in [4.69, 9.17) is 28.4 Å². The zero-order chi connectivity index (χ0) is 24.3. The van der Waals surface area contributed by atoms with Crippen LogP contribution in [0.4, 0.5) is 0 Å². The van der Waals surface area contributed by atoms with Gasteiger partial charge in [-0.3, -0.25) is 24.0 Å². The fourth-order valence-electron chi connectivity index (χ4n) is 2.70. The molecule has 11 heteroatoms. The van der Waals surface area contributed by atoms with Crippen LogP contribution >= 0.6 is 0 Å². The average molecular weight is 460 g/mol. The lowest BCUT2D eigenvalue weighted by molar-refractivity contribution is -0.301. The maximum absolute atomic E-state index is 12.1. The van der Waals surface area contributed by atoms with Crippen molar-refractivity contribution < 1.29 is 52.4 Å². The van der Waals surface area contributed by atoms with Gasteiger partial charge in [-0.05, 0) is 0 Å². The third kappa shape index (κ3) is 8.10. The Kier molecular flexibility index (Phi) is 11.7. The fraction of sp³-hybridized carbons (Fsp3) is 0.762. The van der Waals surface area contributed by atoms with Crippen LogP contribution in [-0.2, 0) is 52.4 Å². The lowest BCUT2D eigenvalue weighted by Crippen LogP contribution is -2.63. The Morgan fingerprint density at radius 2 is 0.969 bits per heavy atom.